The second kappa shape index (κ2) is 14.1. The van der Waals surface area contributed by atoms with Gasteiger partial charge in [-0.25, -0.2) is 0 Å². The Bertz CT molecular complexity index is 2880. The van der Waals surface area contributed by atoms with Crippen molar-refractivity contribution in [2.24, 2.45) is 0 Å². The van der Waals surface area contributed by atoms with Crippen molar-refractivity contribution in [2.45, 2.75) is 12.8 Å². The van der Waals surface area contributed by atoms with Crippen LogP contribution in [0.2, 0.25) is 0 Å². The van der Waals surface area contributed by atoms with Crippen LogP contribution in [0.4, 0.5) is 17.1 Å². The fourth-order valence-corrected chi connectivity index (χ4v) is 8.34. The van der Waals surface area contributed by atoms with E-state index in [0.29, 0.717) is 0 Å². The summed E-state index contributed by atoms with van der Waals surface area (Å²) in [6.45, 7) is 0. The van der Waals surface area contributed by atoms with E-state index in [1.807, 2.05) is 0 Å². The van der Waals surface area contributed by atoms with Crippen LogP contribution in [-0.4, -0.2) is 0 Å². The number of allylic oxidation sites excluding steroid dienone is 4. The number of rotatable bonds is 7. The first-order valence-electron chi connectivity index (χ1n) is 19.2. The van der Waals surface area contributed by atoms with E-state index in [2.05, 4.69) is 217 Å². The minimum absolute atomic E-state index is 1.10. The summed E-state index contributed by atoms with van der Waals surface area (Å²) in [6.07, 6.45) is 9.08. The molecule has 0 aromatic heterocycles. The van der Waals surface area contributed by atoms with Crippen LogP contribution in [0.5, 0.6) is 0 Å². The Morgan fingerprint density at radius 3 is 1.69 bits per heavy atom. The summed E-state index contributed by atoms with van der Waals surface area (Å²) in [5, 5.41) is 7.65. The molecule has 0 bridgehead atoms. The van der Waals surface area contributed by atoms with Gasteiger partial charge in [0.2, 0.25) is 0 Å². The Morgan fingerprint density at radius 2 is 0.945 bits per heavy atom. The van der Waals surface area contributed by atoms with E-state index < -0.39 is 0 Å². The molecule has 0 fully saturated rings. The summed E-state index contributed by atoms with van der Waals surface area (Å²) in [7, 11) is 0. The Kier molecular flexibility index (Phi) is 8.39. The molecule has 1 heteroatoms. The van der Waals surface area contributed by atoms with Gasteiger partial charge in [0.15, 0.2) is 0 Å². The minimum atomic E-state index is 1.10. The molecule has 0 saturated heterocycles. The number of nitrogens with zero attached hydrogens (tertiary/aromatic N) is 1. The first-order valence-corrected chi connectivity index (χ1v) is 19.2. The van der Waals surface area contributed by atoms with Crippen LogP contribution in [0.3, 0.4) is 0 Å². The van der Waals surface area contributed by atoms with E-state index in [1.54, 1.807) is 0 Å². The van der Waals surface area contributed by atoms with E-state index in [-0.39, 0.29) is 0 Å². The van der Waals surface area contributed by atoms with Crippen LogP contribution >= 0.6 is 0 Å². The van der Waals surface area contributed by atoms with Crippen LogP contribution in [0.15, 0.2) is 212 Å². The van der Waals surface area contributed by atoms with Crippen molar-refractivity contribution >= 4 is 55.0 Å². The third-order valence-corrected chi connectivity index (χ3v) is 11.1. The predicted octanol–water partition coefficient (Wildman–Crippen LogP) is 15.4. The topological polar surface area (TPSA) is 3.24 Å². The SMILES string of the molecule is C1=CC(c2ccc(-c3ccccc3N(c3ccc(-c4ccccc4)cc3)c3ccc(-c4cc5ccccc5c5ccc6ccccc6c45)cc3)cc2)=CCC1. The van der Waals surface area contributed by atoms with Gasteiger partial charge in [-0.3, -0.25) is 0 Å². The van der Waals surface area contributed by atoms with E-state index in [0.717, 1.165) is 29.9 Å². The highest BCUT2D eigenvalue weighted by molar-refractivity contribution is 6.23. The second-order valence-corrected chi connectivity index (χ2v) is 14.4. The number of fused-ring (bicyclic) bond motifs is 5. The minimum Gasteiger partial charge on any atom is -0.310 e. The molecule has 0 radical (unpaired) electrons. The van der Waals surface area contributed by atoms with Crippen LogP contribution in [0.25, 0.3) is 71.3 Å². The van der Waals surface area contributed by atoms with Crippen molar-refractivity contribution in [1.29, 1.82) is 0 Å². The van der Waals surface area contributed by atoms with Crippen molar-refractivity contribution in [3.05, 3.63) is 218 Å². The molecule has 0 N–H and O–H groups in total. The van der Waals surface area contributed by atoms with Gasteiger partial charge in [0.05, 0.1) is 5.69 Å². The largest absolute Gasteiger partial charge is 0.310 e. The van der Waals surface area contributed by atoms with Crippen molar-refractivity contribution < 1.29 is 0 Å². The Hall–Kier alpha value is -6.96. The van der Waals surface area contributed by atoms with Crippen LogP contribution < -0.4 is 4.90 Å². The summed E-state index contributed by atoms with van der Waals surface area (Å²) in [5.41, 5.74) is 13.1. The predicted molar refractivity (Wildman–Crippen MR) is 236 cm³/mol. The van der Waals surface area contributed by atoms with E-state index in [1.165, 1.54) is 76.8 Å². The standard InChI is InChI=1S/C54H39N/c1-3-13-38(14-4-1)40-23-25-43(26-24-40)49-20-11-12-22-53(49)55(46-32-27-41(28-33-46)39-15-5-2-6-16-39)47-34-29-44(30-35-47)52-37-45-18-8-9-19-48(45)51-36-31-42-17-7-10-21-50(42)54(51)52/h2-3,5-37H,1,4H2. The van der Waals surface area contributed by atoms with E-state index in [4.69, 9.17) is 0 Å². The smallest absolute Gasteiger partial charge is 0.0540 e. The summed E-state index contributed by atoms with van der Waals surface area (Å²) >= 11 is 0. The van der Waals surface area contributed by atoms with Gasteiger partial charge in [0.25, 0.3) is 0 Å². The Labute approximate surface area is 322 Å². The molecule has 0 saturated carbocycles. The Morgan fingerprint density at radius 1 is 0.364 bits per heavy atom. The average Bonchev–Trinajstić information content (AvgIpc) is 3.27. The van der Waals surface area contributed by atoms with Crippen molar-refractivity contribution in [3.8, 4) is 33.4 Å². The number of anilines is 3. The molecule has 55 heavy (non-hydrogen) atoms. The lowest BCUT2D eigenvalue weighted by molar-refractivity contribution is 1.04. The maximum Gasteiger partial charge on any atom is 0.0540 e. The van der Waals surface area contributed by atoms with Gasteiger partial charge in [-0.1, -0.05) is 176 Å². The second-order valence-electron chi connectivity index (χ2n) is 14.4. The lowest BCUT2D eigenvalue weighted by Crippen LogP contribution is -2.11. The molecule has 10 rings (SSSR count). The van der Waals surface area contributed by atoms with Crippen LogP contribution in [-0.2, 0) is 0 Å². The summed E-state index contributed by atoms with van der Waals surface area (Å²) < 4.78 is 0. The molecule has 0 atom stereocenters. The average molecular weight is 702 g/mol. The Balaban J connectivity index is 1.11. The molecule has 0 amide bonds. The molecular formula is C54H39N. The fraction of sp³-hybridized carbons (Fsp3) is 0.0370. The summed E-state index contributed by atoms with van der Waals surface area (Å²) in [5.74, 6) is 0. The number of hydrogen-bond donors (Lipinski definition) is 0. The molecule has 1 aliphatic rings. The normalized spacial score (nSPS) is 12.6. The zero-order valence-corrected chi connectivity index (χ0v) is 30.6. The molecule has 9 aromatic carbocycles. The van der Waals surface area contributed by atoms with Gasteiger partial charge in [-0.15, -0.1) is 0 Å². The number of hydrogen-bond acceptors (Lipinski definition) is 1. The molecule has 1 aliphatic carbocycles. The molecule has 1 nitrogen and oxygen atoms in total. The molecule has 0 aliphatic heterocycles. The zero-order valence-electron chi connectivity index (χ0n) is 30.6. The van der Waals surface area contributed by atoms with E-state index in [9.17, 15) is 0 Å². The van der Waals surface area contributed by atoms with Gasteiger partial charge in [0.1, 0.15) is 0 Å². The first-order chi connectivity index (χ1) is 27.3. The van der Waals surface area contributed by atoms with Gasteiger partial charge in [-0.2, -0.15) is 0 Å². The van der Waals surface area contributed by atoms with Gasteiger partial charge >= 0.3 is 0 Å². The van der Waals surface area contributed by atoms with Crippen molar-refractivity contribution in [1.82, 2.24) is 0 Å². The fourth-order valence-electron chi connectivity index (χ4n) is 8.34. The van der Waals surface area contributed by atoms with Gasteiger partial charge < -0.3 is 4.90 Å². The number of benzene rings is 9. The van der Waals surface area contributed by atoms with Gasteiger partial charge in [0, 0.05) is 16.9 Å². The highest BCUT2D eigenvalue weighted by atomic mass is 15.1. The van der Waals surface area contributed by atoms with Crippen molar-refractivity contribution in [2.75, 3.05) is 4.90 Å². The lowest BCUT2D eigenvalue weighted by Gasteiger charge is -2.28. The first kappa shape index (κ1) is 32.7. The molecule has 0 heterocycles. The molecule has 0 unspecified atom stereocenters. The van der Waals surface area contributed by atoms with Crippen LogP contribution in [0, 0.1) is 0 Å². The highest BCUT2D eigenvalue weighted by Gasteiger charge is 2.19. The third kappa shape index (κ3) is 6.10. The summed E-state index contributed by atoms with van der Waals surface area (Å²) in [4.78, 5) is 2.40. The molecule has 0 spiro atoms. The summed E-state index contributed by atoms with van der Waals surface area (Å²) in [6, 6.07) is 71.1. The third-order valence-electron chi connectivity index (χ3n) is 11.1. The molecule has 9 aromatic rings. The maximum absolute atomic E-state index is 2.40. The lowest BCUT2D eigenvalue weighted by atomic mass is 9.90. The van der Waals surface area contributed by atoms with Crippen LogP contribution in [0.1, 0.15) is 18.4 Å². The van der Waals surface area contributed by atoms with E-state index >= 15 is 0 Å². The highest BCUT2D eigenvalue weighted by Crippen LogP contribution is 2.44. The van der Waals surface area contributed by atoms with Crippen molar-refractivity contribution in [3.63, 3.8) is 0 Å². The molecular weight excluding hydrogens is 663 g/mol. The monoisotopic (exact) mass is 701 g/mol. The quantitative estimate of drug-likeness (QED) is 0.150. The number of para-hydroxylation sites is 1. The maximum atomic E-state index is 2.40. The van der Waals surface area contributed by atoms with Gasteiger partial charge in [-0.05, 0) is 121 Å². The molecule has 260 valence electrons. The zero-order chi connectivity index (χ0) is 36.6.